The van der Waals surface area contributed by atoms with Crippen molar-refractivity contribution in [2.45, 2.75) is 19.8 Å². The third-order valence-corrected chi connectivity index (χ3v) is 5.54. The zero-order valence-electron chi connectivity index (χ0n) is 16.0. The number of ether oxygens (including phenoxy) is 1. The Bertz CT molecular complexity index is 1290. The van der Waals surface area contributed by atoms with E-state index in [0.717, 1.165) is 34.1 Å². The average Bonchev–Trinajstić information content (AvgIpc) is 3.17. The Hall–Kier alpha value is -3.57. The van der Waals surface area contributed by atoms with Gasteiger partial charge in [0.25, 0.3) is 0 Å². The molecule has 3 heterocycles. The highest BCUT2D eigenvalue weighted by Gasteiger charge is 2.11. The maximum Gasteiger partial charge on any atom is 0.322 e. The van der Waals surface area contributed by atoms with Gasteiger partial charge < -0.3 is 9.72 Å². The van der Waals surface area contributed by atoms with Gasteiger partial charge in [0, 0.05) is 19.5 Å². The van der Waals surface area contributed by atoms with E-state index in [9.17, 15) is 5.26 Å². The molecule has 0 unspecified atom stereocenters. The lowest BCUT2D eigenvalue weighted by Gasteiger charge is -2.11. The van der Waals surface area contributed by atoms with Crippen molar-refractivity contribution in [1.29, 1.82) is 5.26 Å². The molecular weight excluding hydrogens is 384 g/mol. The van der Waals surface area contributed by atoms with Crippen LogP contribution in [-0.2, 0) is 6.42 Å². The normalized spacial score (nSPS) is 15.1. The Kier molecular flexibility index (Phi) is 5.31. The number of hydrogen-bond donors (Lipinski definition) is 1. The number of nitrogens with zero attached hydrogens (tertiary/aromatic N) is 5. The van der Waals surface area contributed by atoms with Crippen molar-refractivity contribution in [3.05, 3.63) is 56.4 Å². The molecule has 144 valence electrons. The number of fused-ring (bicyclic) bond motifs is 1. The number of thiazole rings is 1. The van der Waals surface area contributed by atoms with Gasteiger partial charge in [-0.25, -0.2) is 4.98 Å². The molecule has 3 aromatic rings. The number of benzene rings is 1. The first-order valence-corrected chi connectivity index (χ1v) is 9.93. The molecule has 0 aliphatic carbocycles. The number of nitrogens with one attached hydrogen (secondary N) is 1. The molecule has 4 rings (SSSR count). The van der Waals surface area contributed by atoms with Crippen molar-refractivity contribution in [3.8, 4) is 17.8 Å². The van der Waals surface area contributed by atoms with Crippen LogP contribution in [0, 0.1) is 11.3 Å². The van der Waals surface area contributed by atoms with E-state index in [0.29, 0.717) is 21.7 Å². The second kappa shape index (κ2) is 8.20. The van der Waals surface area contributed by atoms with E-state index in [2.05, 4.69) is 31.0 Å². The van der Waals surface area contributed by atoms with Crippen molar-refractivity contribution in [2.75, 3.05) is 7.05 Å². The predicted octanol–water partition coefficient (Wildman–Crippen LogP) is 2.36. The Morgan fingerprint density at radius 2 is 2.28 bits per heavy atom. The van der Waals surface area contributed by atoms with Gasteiger partial charge in [-0.05, 0) is 49.6 Å². The summed E-state index contributed by atoms with van der Waals surface area (Å²) in [7, 11) is 1.73. The SMILES string of the molecule is CC=c1[nH]/c(=C(/C#N)c2ccnc(Oc3ccc4c(c3)CCC=N4)n2)sc1=NC. The number of rotatable bonds is 3. The van der Waals surface area contributed by atoms with E-state index in [1.54, 1.807) is 19.3 Å². The fourth-order valence-electron chi connectivity index (χ4n) is 3.02. The average molecular weight is 402 g/mol. The number of aromatic amines is 1. The van der Waals surface area contributed by atoms with Crippen LogP contribution in [0.4, 0.5) is 5.69 Å². The Balaban J connectivity index is 1.72. The lowest BCUT2D eigenvalue weighted by molar-refractivity contribution is 0.440. The molecule has 1 N–H and O–H groups in total. The molecule has 0 radical (unpaired) electrons. The minimum absolute atomic E-state index is 0.189. The molecule has 0 fully saturated rings. The topological polar surface area (TPSA) is 99.3 Å². The third kappa shape index (κ3) is 3.86. The molecule has 0 saturated carbocycles. The number of nitriles is 1. The maximum absolute atomic E-state index is 9.74. The predicted molar refractivity (Wildman–Crippen MR) is 113 cm³/mol. The number of aliphatic imine (C=N–C) groups is 1. The second-order valence-electron chi connectivity index (χ2n) is 6.24. The summed E-state index contributed by atoms with van der Waals surface area (Å²) in [5.74, 6) is 0.647. The summed E-state index contributed by atoms with van der Waals surface area (Å²) >= 11 is 1.41. The lowest BCUT2D eigenvalue weighted by atomic mass is 10.1. The van der Waals surface area contributed by atoms with Crippen molar-refractivity contribution >= 4 is 34.9 Å². The second-order valence-corrected chi connectivity index (χ2v) is 7.24. The summed E-state index contributed by atoms with van der Waals surface area (Å²) in [5, 5.41) is 10.6. The summed E-state index contributed by atoms with van der Waals surface area (Å²) in [6, 6.07) is 9.85. The molecule has 0 bridgehead atoms. The summed E-state index contributed by atoms with van der Waals surface area (Å²) in [6.45, 7) is 1.92. The summed E-state index contributed by atoms with van der Waals surface area (Å²) in [6.07, 6.45) is 7.28. The molecule has 0 atom stereocenters. The summed E-state index contributed by atoms with van der Waals surface area (Å²) in [4.78, 5) is 20.5. The summed E-state index contributed by atoms with van der Waals surface area (Å²) < 4.78 is 7.38. The first-order chi connectivity index (χ1) is 14.2. The molecule has 7 nitrogen and oxygen atoms in total. The fraction of sp³-hybridized carbons (Fsp3) is 0.190. The zero-order chi connectivity index (χ0) is 20.2. The van der Waals surface area contributed by atoms with Gasteiger partial charge in [0.15, 0.2) is 0 Å². The highest BCUT2D eigenvalue weighted by atomic mass is 32.1. The van der Waals surface area contributed by atoms with Gasteiger partial charge in [-0.15, -0.1) is 0 Å². The van der Waals surface area contributed by atoms with E-state index in [-0.39, 0.29) is 6.01 Å². The van der Waals surface area contributed by atoms with Crippen LogP contribution in [0.2, 0.25) is 0 Å². The van der Waals surface area contributed by atoms with Crippen LogP contribution in [0.5, 0.6) is 11.8 Å². The van der Waals surface area contributed by atoms with Crippen LogP contribution in [0.3, 0.4) is 0 Å². The minimum Gasteiger partial charge on any atom is -0.424 e. The quantitative estimate of drug-likeness (QED) is 0.727. The fourth-order valence-corrected chi connectivity index (χ4v) is 4.00. The lowest BCUT2D eigenvalue weighted by Crippen LogP contribution is -2.21. The van der Waals surface area contributed by atoms with Gasteiger partial charge >= 0.3 is 6.01 Å². The molecule has 2 aromatic heterocycles. The van der Waals surface area contributed by atoms with Gasteiger partial charge in [0.05, 0.1) is 16.7 Å². The van der Waals surface area contributed by atoms with Gasteiger partial charge in [0.1, 0.15) is 26.7 Å². The molecule has 1 aliphatic rings. The number of H-pyrrole nitrogens is 1. The molecule has 8 heteroatoms. The third-order valence-electron chi connectivity index (χ3n) is 4.43. The first kappa shape index (κ1) is 18.8. The van der Waals surface area contributed by atoms with E-state index < -0.39 is 0 Å². The monoisotopic (exact) mass is 402 g/mol. The van der Waals surface area contributed by atoms with Gasteiger partial charge in [0.2, 0.25) is 0 Å². The van der Waals surface area contributed by atoms with Crippen molar-refractivity contribution in [2.24, 2.45) is 9.98 Å². The molecule has 1 aromatic carbocycles. The smallest absolute Gasteiger partial charge is 0.322 e. The Morgan fingerprint density at radius 1 is 1.38 bits per heavy atom. The first-order valence-electron chi connectivity index (χ1n) is 9.11. The zero-order valence-corrected chi connectivity index (χ0v) is 16.8. The number of hydrogen-bond acceptors (Lipinski definition) is 7. The van der Waals surface area contributed by atoms with Crippen molar-refractivity contribution < 1.29 is 4.74 Å². The van der Waals surface area contributed by atoms with Gasteiger partial charge in [-0.2, -0.15) is 10.2 Å². The van der Waals surface area contributed by atoms with Crippen LogP contribution >= 0.6 is 11.3 Å². The van der Waals surface area contributed by atoms with Crippen LogP contribution in [0.15, 0.2) is 40.4 Å². The van der Waals surface area contributed by atoms with Gasteiger partial charge in [-0.3, -0.25) is 9.98 Å². The van der Waals surface area contributed by atoms with E-state index in [1.807, 2.05) is 37.4 Å². The molecule has 0 amide bonds. The Labute approximate surface area is 171 Å². The standard InChI is InChI=1S/C21H18N6OS/c1-3-16-20(23-2)29-19(26-16)15(12-22)18-8-10-25-21(27-18)28-14-6-7-17-13(11-14)5-4-9-24-17/h3,6-11,26H,4-5H2,1-2H3/b16-3?,19-15+,23-20?. The van der Waals surface area contributed by atoms with Crippen LogP contribution < -0.4 is 19.4 Å². The Morgan fingerprint density at radius 3 is 3.03 bits per heavy atom. The van der Waals surface area contributed by atoms with Crippen LogP contribution in [0.1, 0.15) is 24.6 Å². The number of aryl methyl sites for hydroxylation is 1. The maximum atomic E-state index is 9.74. The minimum atomic E-state index is 0.189. The highest BCUT2D eigenvalue weighted by molar-refractivity contribution is 7.07. The molecule has 1 aliphatic heterocycles. The molecule has 29 heavy (non-hydrogen) atoms. The van der Waals surface area contributed by atoms with E-state index in [4.69, 9.17) is 4.74 Å². The summed E-state index contributed by atoms with van der Waals surface area (Å²) in [5.41, 5.74) is 3.01. The van der Waals surface area contributed by atoms with Crippen LogP contribution in [0.25, 0.3) is 11.6 Å². The molecular formula is C21H18N6OS. The van der Waals surface area contributed by atoms with Gasteiger partial charge in [-0.1, -0.05) is 17.4 Å². The van der Waals surface area contributed by atoms with Crippen molar-refractivity contribution in [1.82, 2.24) is 15.0 Å². The molecule has 0 saturated heterocycles. The van der Waals surface area contributed by atoms with Crippen molar-refractivity contribution in [3.63, 3.8) is 0 Å². The van der Waals surface area contributed by atoms with Crippen LogP contribution in [-0.4, -0.2) is 28.2 Å². The van der Waals surface area contributed by atoms with E-state index in [1.165, 1.54) is 11.3 Å². The largest absolute Gasteiger partial charge is 0.424 e. The molecule has 0 spiro atoms. The van der Waals surface area contributed by atoms with E-state index >= 15 is 0 Å². The number of aromatic nitrogens is 3. The highest BCUT2D eigenvalue weighted by Crippen LogP contribution is 2.29.